The minimum atomic E-state index is -0.303. The molecule has 3 aliphatic heterocycles. The van der Waals surface area contributed by atoms with Crippen molar-refractivity contribution in [3.05, 3.63) is 28.8 Å². The monoisotopic (exact) mass is 392 g/mol. The molecule has 2 amide bonds. The smallest absolute Gasteiger partial charge is 0.251 e. The highest BCUT2D eigenvalue weighted by Crippen LogP contribution is 2.40. The predicted molar refractivity (Wildman–Crippen MR) is 98.7 cm³/mol. The molecule has 1 aromatic rings. The molecule has 2 fully saturated rings. The Balaban J connectivity index is 1.32. The van der Waals surface area contributed by atoms with Crippen LogP contribution in [0.5, 0.6) is 11.5 Å². The van der Waals surface area contributed by atoms with Crippen LogP contribution < -0.4 is 9.47 Å². The Morgan fingerprint density at radius 2 is 1.89 bits per heavy atom. The molecule has 0 bridgehead atoms. The first-order chi connectivity index (χ1) is 13.1. The molecule has 0 radical (unpaired) electrons. The summed E-state index contributed by atoms with van der Waals surface area (Å²) in [5.41, 5.74) is 0.768. The fourth-order valence-corrected chi connectivity index (χ4v) is 3.75. The maximum atomic E-state index is 12.4. The number of nitrogens with zero attached hydrogens (tertiary/aromatic N) is 2. The van der Waals surface area contributed by atoms with E-state index in [1.165, 1.54) is 6.08 Å². The number of ether oxygens (including phenoxy) is 3. The summed E-state index contributed by atoms with van der Waals surface area (Å²) in [5.74, 6) is 1.07. The van der Waals surface area contributed by atoms with E-state index in [4.69, 9.17) is 25.8 Å². The number of benzene rings is 1. The average molecular weight is 393 g/mol. The van der Waals surface area contributed by atoms with Crippen LogP contribution in [-0.4, -0.2) is 67.3 Å². The second-order valence-corrected chi connectivity index (χ2v) is 7.13. The van der Waals surface area contributed by atoms with Crippen LogP contribution in [-0.2, 0) is 14.3 Å². The van der Waals surface area contributed by atoms with Crippen molar-refractivity contribution in [2.45, 2.75) is 18.9 Å². The van der Waals surface area contributed by atoms with E-state index in [1.807, 2.05) is 0 Å². The number of hydrogen-bond donors (Lipinski definition) is 0. The van der Waals surface area contributed by atoms with E-state index in [1.54, 1.807) is 28.0 Å². The molecule has 0 spiro atoms. The van der Waals surface area contributed by atoms with Gasteiger partial charge in [0.2, 0.25) is 12.7 Å². The van der Waals surface area contributed by atoms with E-state index in [2.05, 4.69) is 0 Å². The van der Waals surface area contributed by atoms with E-state index in [-0.39, 0.29) is 24.7 Å². The molecular formula is C19H21ClN2O5. The van der Waals surface area contributed by atoms with E-state index in [0.717, 1.165) is 18.4 Å². The van der Waals surface area contributed by atoms with Gasteiger partial charge in [-0.1, -0.05) is 11.6 Å². The molecule has 0 aromatic heterocycles. The first kappa shape index (κ1) is 18.1. The maximum absolute atomic E-state index is 12.4. The van der Waals surface area contributed by atoms with Crippen LogP contribution in [0.2, 0.25) is 5.02 Å². The highest BCUT2D eigenvalue weighted by molar-refractivity contribution is 6.32. The summed E-state index contributed by atoms with van der Waals surface area (Å²) in [6.45, 7) is 2.91. The molecule has 8 heteroatoms. The molecular weight excluding hydrogens is 372 g/mol. The van der Waals surface area contributed by atoms with Crippen LogP contribution in [0.4, 0.5) is 0 Å². The van der Waals surface area contributed by atoms with Crippen molar-refractivity contribution in [3.63, 3.8) is 0 Å². The molecule has 0 aliphatic carbocycles. The first-order valence-electron chi connectivity index (χ1n) is 9.08. The van der Waals surface area contributed by atoms with Crippen molar-refractivity contribution in [3.8, 4) is 11.5 Å². The molecule has 3 heterocycles. The molecule has 27 heavy (non-hydrogen) atoms. The zero-order valence-corrected chi connectivity index (χ0v) is 15.6. The number of piperazine rings is 1. The number of rotatable bonds is 3. The Morgan fingerprint density at radius 3 is 2.63 bits per heavy atom. The summed E-state index contributed by atoms with van der Waals surface area (Å²) in [5, 5.41) is 0.457. The van der Waals surface area contributed by atoms with E-state index < -0.39 is 0 Å². The Hall–Kier alpha value is -2.25. The summed E-state index contributed by atoms with van der Waals surface area (Å²) in [6.07, 6.45) is 4.65. The van der Waals surface area contributed by atoms with Crippen molar-refractivity contribution in [1.82, 2.24) is 9.80 Å². The van der Waals surface area contributed by atoms with Crippen molar-refractivity contribution in [1.29, 1.82) is 0 Å². The molecule has 1 aromatic carbocycles. The Morgan fingerprint density at radius 1 is 1.11 bits per heavy atom. The number of hydrogen-bond acceptors (Lipinski definition) is 5. The van der Waals surface area contributed by atoms with Gasteiger partial charge in [0, 0.05) is 38.9 Å². The second-order valence-electron chi connectivity index (χ2n) is 6.72. The molecule has 3 aliphatic rings. The zero-order valence-electron chi connectivity index (χ0n) is 14.9. The zero-order chi connectivity index (χ0) is 18.8. The third-order valence-electron chi connectivity index (χ3n) is 4.98. The van der Waals surface area contributed by atoms with Crippen molar-refractivity contribution >= 4 is 29.5 Å². The third kappa shape index (κ3) is 3.89. The molecule has 2 saturated heterocycles. The first-order valence-corrected chi connectivity index (χ1v) is 9.46. The summed E-state index contributed by atoms with van der Waals surface area (Å²) >= 11 is 6.16. The quantitative estimate of drug-likeness (QED) is 0.735. The number of carbonyl (C=O) groups excluding carboxylic acids is 2. The normalized spacial score (nSPS) is 21.9. The van der Waals surface area contributed by atoms with Gasteiger partial charge in [0.25, 0.3) is 5.91 Å². The number of amides is 2. The predicted octanol–water partition coefficient (Wildman–Crippen LogP) is 1.93. The Labute approximate surface area is 162 Å². The third-order valence-corrected chi connectivity index (χ3v) is 5.26. The Kier molecular flexibility index (Phi) is 5.22. The summed E-state index contributed by atoms with van der Waals surface area (Å²) in [6, 6.07) is 3.52. The van der Waals surface area contributed by atoms with Gasteiger partial charge in [0.1, 0.15) is 6.10 Å². The van der Waals surface area contributed by atoms with Crippen LogP contribution in [0.3, 0.4) is 0 Å². The number of fused-ring (bicyclic) bond motifs is 1. The van der Waals surface area contributed by atoms with E-state index >= 15 is 0 Å². The fourth-order valence-electron chi connectivity index (χ4n) is 3.48. The van der Waals surface area contributed by atoms with E-state index in [0.29, 0.717) is 49.3 Å². The van der Waals surface area contributed by atoms with Crippen molar-refractivity contribution < 1.29 is 23.8 Å². The highest BCUT2D eigenvalue weighted by atomic mass is 35.5. The molecule has 4 rings (SSSR count). The van der Waals surface area contributed by atoms with Crippen LogP contribution >= 0.6 is 11.6 Å². The van der Waals surface area contributed by atoms with Crippen LogP contribution in [0, 0.1) is 0 Å². The summed E-state index contributed by atoms with van der Waals surface area (Å²) in [4.78, 5) is 28.3. The second kappa shape index (κ2) is 7.78. The van der Waals surface area contributed by atoms with Gasteiger partial charge in [-0.25, -0.2) is 0 Å². The topological polar surface area (TPSA) is 68.3 Å². The minimum Gasteiger partial charge on any atom is -0.454 e. The summed E-state index contributed by atoms with van der Waals surface area (Å²) in [7, 11) is 0. The fraction of sp³-hybridized carbons (Fsp3) is 0.474. The molecule has 0 N–H and O–H groups in total. The van der Waals surface area contributed by atoms with Gasteiger partial charge in [0.05, 0.1) is 5.02 Å². The number of halogens is 1. The lowest BCUT2D eigenvalue weighted by atomic mass is 10.1. The van der Waals surface area contributed by atoms with Gasteiger partial charge in [0.15, 0.2) is 11.5 Å². The summed E-state index contributed by atoms with van der Waals surface area (Å²) < 4.78 is 16.1. The lowest BCUT2D eigenvalue weighted by Crippen LogP contribution is -2.52. The van der Waals surface area contributed by atoms with Crippen molar-refractivity contribution in [2.75, 3.05) is 39.6 Å². The van der Waals surface area contributed by atoms with E-state index in [9.17, 15) is 9.59 Å². The van der Waals surface area contributed by atoms with Gasteiger partial charge < -0.3 is 24.0 Å². The molecule has 7 nitrogen and oxygen atoms in total. The SMILES string of the molecule is O=C(/C=C/c1cc(Cl)c2c(c1)OCO2)N1CCN(C(=O)C2CCCO2)CC1. The van der Waals surface area contributed by atoms with Gasteiger partial charge >= 0.3 is 0 Å². The van der Waals surface area contributed by atoms with Gasteiger partial charge in [-0.15, -0.1) is 0 Å². The average Bonchev–Trinajstić information content (AvgIpc) is 3.37. The molecule has 144 valence electrons. The molecule has 0 saturated carbocycles. The van der Waals surface area contributed by atoms with Gasteiger partial charge in [-0.3, -0.25) is 9.59 Å². The largest absolute Gasteiger partial charge is 0.454 e. The van der Waals surface area contributed by atoms with Crippen LogP contribution in [0.15, 0.2) is 18.2 Å². The van der Waals surface area contributed by atoms with Crippen LogP contribution in [0.1, 0.15) is 18.4 Å². The molecule has 1 unspecified atom stereocenters. The standard InChI is InChI=1S/C19H21ClN2O5/c20-14-10-13(11-16-18(14)27-12-26-16)3-4-17(23)21-5-7-22(8-6-21)19(24)15-2-1-9-25-15/h3-4,10-11,15H,1-2,5-9,12H2/b4-3+. The number of carbonyl (C=O) groups is 2. The highest BCUT2D eigenvalue weighted by Gasteiger charge is 2.31. The molecule has 1 atom stereocenters. The van der Waals surface area contributed by atoms with Gasteiger partial charge in [-0.2, -0.15) is 0 Å². The van der Waals surface area contributed by atoms with Crippen LogP contribution in [0.25, 0.3) is 6.08 Å². The van der Waals surface area contributed by atoms with Gasteiger partial charge in [-0.05, 0) is 36.6 Å². The maximum Gasteiger partial charge on any atom is 0.251 e. The minimum absolute atomic E-state index is 0.0464. The van der Waals surface area contributed by atoms with Crippen molar-refractivity contribution in [2.24, 2.45) is 0 Å². The lowest BCUT2D eigenvalue weighted by Gasteiger charge is -2.35. The Bertz CT molecular complexity index is 768. The lowest BCUT2D eigenvalue weighted by molar-refractivity contribution is -0.144.